The number of benzene rings is 1. The molecule has 0 radical (unpaired) electrons. The van der Waals surface area contributed by atoms with Crippen LogP contribution in [0.15, 0.2) is 69.2 Å². The number of piperidine rings is 1. The quantitative estimate of drug-likeness (QED) is 0.221. The summed E-state index contributed by atoms with van der Waals surface area (Å²) in [6.07, 6.45) is 4.69. The lowest BCUT2D eigenvalue weighted by molar-refractivity contribution is -0.143. The molecule has 0 bridgehead atoms. The summed E-state index contributed by atoms with van der Waals surface area (Å²) in [5.74, 6) is 0.794. The van der Waals surface area contributed by atoms with E-state index in [2.05, 4.69) is 43.5 Å². The third kappa shape index (κ3) is 5.59. The molecule has 6 rings (SSSR count). The molecule has 2 aliphatic rings. The van der Waals surface area contributed by atoms with Gasteiger partial charge in [-0.25, -0.2) is 14.2 Å². The minimum atomic E-state index is -4.56. The first-order chi connectivity index (χ1) is 20.4. The van der Waals surface area contributed by atoms with Crippen molar-refractivity contribution >= 4 is 40.6 Å². The summed E-state index contributed by atoms with van der Waals surface area (Å²) in [5, 5.41) is 0. The van der Waals surface area contributed by atoms with Crippen LogP contribution >= 0.6 is 11.8 Å². The van der Waals surface area contributed by atoms with Gasteiger partial charge in [-0.2, -0.15) is 17.6 Å². The number of hydrogen-bond acceptors (Lipinski definition) is 6. The molecule has 12 heteroatoms. The van der Waals surface area contributed by atoms with Crippen molar-refractivity contribution in [1.29, 1.82) is 0 Å². The van der Waals surface area contributed by atoms with Gasteiger partial charge in [0.1, 0.15) is 11.0 Å². The SMILES string of the molecule is Cc1nc(N2CCC3(CC2)Cc2ccccc2C3C=N[S@@](=O)C(C)(C)C)n2ccnc2c1Sc1cccnc1C(F)(F)F. The number of fused-ring (bicyclic) bond motifs is 2. The molecule has 4 heterocycles. The molecule has 2 atom stereocenters. The minimum Gasteiger partial charge on any atom is -0.342 e. The molecule has 43 heavy (non-hydrogen) atoms. The average Bonchev–Trinajstić information content (AvgIpc) is 3.56. The molecule has 0 N–H and O–H groups in total. The molecule has 0 amide bonds. The van der Waals surface area contributed by atoms with E-state index < -0.39 is 27.6 Å². The van der Waals surface area contributed by atoms with Gasteiger partial charge in [-0.15, -0.1) is 0 Å². The smallest absolute Gasteiger partial charge is 0.342 e. The Balaban J connectivity index is 1.28. The van der Waals surface area contributed by atoms with Gasteiger partial charge in [-0.1, -0.05) is 36.0 Å². The van der Waals surface area contributed by atoms with Crippen molar-refractivity contribution in [2.45, 2.75) is 73.6 Å². The third-order valence-corrected chi connectivity index (χ3v) is 11.0. The summed E-state index contributed by atoms with van der Waals surface area (Å²) in [5.41, 5.74) is 2.78. The van der Waals surface area contributed by atoms with Crippen molar-refractivity contribution in [2.75, 3.05) is 18.0 Å². The Kier molecular flexibility index (Phi) is 7.65. The largest absolute Gasteiger partial charge is 0.434 e. The number of alkyl halides is 3. The topological polar surface area (TPSA) is 75.8 Å². The second kappa shape index (κ2) is 11.0. The van der Waals surface area contributed by atoms with E-state index in [1.807, 2.05) is 44.5 Å². The molecule has 1 aromatic carbocycles. The van der Waals surface area contributed by atoms with E-state index in [1.165, 1.54) is 23.3 Å². The van der Waals surface area contributed by atoms with Crippen LogP contribution in [0, 0.1) is 12.3 Å². The fraction of sp³-hybridized carbons (Fsp3) is 0.419. The Labute approximate surface area is 255 Å². The predicted molar refractivity (Wildman–Crippen MR) is 164 cm³/mol. The number of anilines is 1. The van der Waals surface area contributed by atoms with Crippen LogP contribution in [0.2, 0.25) is 0 Å². The Bertz CT molecular complexity index is 1720. The number of halogens is 3. The highest BCUT2D eigenvalue weighted by Gasteiger charge is 2.47. The molecular weight excluding hydrogens is 594 g/mol. The number of aromatic nitrogens is 4. The van der Waals surface area contributed by atoms with Crippen LogP contribution in [-0.2, 0) is 23.6 Å². The van der Waals surface area contributed by atoms with Crippen molar-refractivity contribution in [3.63, 3.8) is 0 Å². The van der Waals surface area contributed by atoms with E-state index >= 15 is 0 Å². The summed E-state index contributed by atoms with van der Waals surface area (Å²) < 4.78 is 59.7. The Hall–Kier alpha value is -3.25. The lowest BCUT2D eigenvalue weighted by Crippen LogP contribution is -2.43. The molecular formula is C31H33F3N6OS2. The zero-order valence-electron chi connectivity index (χ0n) is 24.4. The van der Waals surface area contributed by atoms with Gasteiger partial charge in [0.15, 0.2) is 11.3 Å². The molecule has 226 valence electrons. The number of hydrogen-bond donors (Lipinski definition) is 0. The van der Waals surface area contributed by atoms with E-state index in [-0.39, 0.29) is 16.2 Å². The summed E-state index contributed by atoms with van der Waals surface area (Å²) in [6, 6.07) is 11.4. The van der Waals surface area contributed by atoms with Crippen LogP contribution in [0.5, 0.6) is 0 Å². The molecule has 3 aromatic heterocycles. The second-order valence-corrected chi connectivity index (χ2v) is 15.2. The highest BCUT2D eigenvalue weighted by molar-refractivity contribution is 7.99. The predicted octanol–water partition coefficient (Wildman–Crippen LogP) is 7.06. The van der Waals surface area contributed by atoms with Crippen LogP contribution in [-0.4, -0.2) is 47.6 Å². The summed E-state index contributed by atoms with van der Waals surface area (Å²) in [7, 11) is -1.34. The summed E-state index contributed by atoms with van der Waals surface area (Å²) in [6.45, 7) is 9.09. The van der Waals surface area contributed by atoms with Crippen molar-refractivity contribution in [2.24, 2.45) is 9.81 Å². The Morgan fingerprint density at radius 2 is 1.81 bits per heavy atom. The zero-order chi connectivity index (χ0) is 30.6. The molecule has 1 fully saturated rings. The van der Waals surface area contributed by atoms with E-state index in [1.54, 1.807) is 6.20 Å². The van der Waals surface area contributed by atoms with Gasteiger partial charge in [0.05, 0.1) is 15.3 Å². The summed E-state index contributed by atoms with van der Waals surface area (Å²) >= 11 is 0.989. The maximum Gasteiger partial charge on any atom is 0.434 e. The van der Waals surface area contributed by atoms with E-state index in [0.29, 0.717) is 16.2 Å². The van der Waals surface area contributed by atoms with Gasteiger partial charge in [0, 0.05) is 48.7 Å². The number of nitrogens with zero attached hydrogens (tertiary/aromatic N) is 6. The van der Waals surface area contributed by atoms with Crippen molar-refractivity contribution < 1.29 is 17.4 Å². The highest BCUT2D eigenvalue weighted by Crippen LogP contribution is 2.53. The minimum absolute atomic E-state index is 0.0124. The summed E-state index contributed by atoms with van der Waals surface area (Å²) in [4.78, 5) is 15.8. The fourth-order valence-electron chi connectivity index (χ4n) is 6.16. The first-order valence-corrected chi connectivity index (χ1v) is 16.1. The number of rotatable bonds is 5. The molecule has 1 aliphatic carbocycles. The number of aryl methyl sites for hydroxylation is 1. The molecule has 0 saturated carbocycles. The molecule has 1 saturated heterocycles. The first kappa shape index (κ1) is 29.8. The van der Waals surface area contributed by atoms with Crippen LogP contribution in [0.4, 0.5) is 19.1 Å². The van der Waals surface area contributed by atoms with E-state index in [9.17, 15) is 17.4 Å². The normalized spacial score (nSPS) is 19.4. The standard InChI is InChI=1S/C31H33F3N6OS2/c1-20-25(42-24-10-7-13-35-26(24)31(32,33)34)27-36-14-17-40(27)28(38-20)39-15-11-30(12-16-39)18-21-8-5-6-9-22(21)23(30)19-37-43(41)29(2,3)4/h5-10,13-14,17,19,23H,11-12,15-16,18H2,1-4H3/t23?,43-/m0/s1. The highest BCUT2D eigenvalue weighted by atomic mass is 32.2. The number of pyridine rings is 1. The van der Waals surface area contributed by atoms with Gasteiger partial charge in [0.2, 0.25) is 5.95 Å². The lowest BCUT2D eigenvalue weighted by atomic mass is 9.69. The van der Waals surface area contributed by atoms with Gasteiger partial charge >= 0.3 is 6.18 Å². The van der Waals surface area contributed by atoms with Crippen LogP contribution in [0.1, 0.15) is 62.0 Å². The second-order valence-electron chi connectivity index (χ2n) is 12.2. The van der Waals surface area contributed by atoms with Gasteiger partial charge in [-0.3, -0.25) is 9.38 Å². The average molecular weight is 627 g/mol. The molecule has 1 aliphatic heterocycles. The molecule has 4 aromatic rings. The van der Waals surface area contributed by atoms with Crippen LogP contribution in [0.3, 0.4) is 0 Å². The number of imidazole rings is 1. The Morgan fingerprint density at radius 1 is 1.07 bits per heavy atom. The zero-order valence-corrected chi connectivity index (χ0v) is 26.1. The van der Waals surface area contributed by atoms with Gasteiger partial charge < -0.3 is 4.90 Å². The molecule has 7 nitrogen and oxygen atoms in total. The van der Waals surface area contributed by atoms with E-state index in [4.69, 9.17) is 4.98 Å². The molecule has 1 unspecified atom stereocenters. The fourth-order valence-corrected chi connectivity index (χ4v) is 7.77. The monoisotopic (exact) mass is 626 g/mol. The van der Waals surface area contributed by atoms with Crippen LogP contribution < -0.4 is 4.90 Å². The van der Waals surface area contributed by atoms with Gasteiger partial charge in [-0.05, 0) is 75.6 Å². The third-order valence-electron chi connectivity index (χ3n) is 8.37. The molecule has 1 spiro atoms. The van der Waals surface area contributed by atoms with Gasteiger partial charge in [0.25, 0.3) is 0 Å². The van der Waals surface area contributed by atoms with E-state index in [0.717, 1.165) is 56.3 Å². The maximum absolute atomic E-state index is 13.7. The lowest BCUT2D eigenvalue weighted by Gasteiger charge is -2.43. The van der Waals surface area contributed by atoms with Crippen LogP contribution in [0.25, 0.3) is 5.65 Å². The first-order valence-electron chi connectivity index (χ1n) is 14.2. The maximum atomic E-state index is 13.7. The van der Waals surface area contributed by atoms with Crippen molar-refractivity contribution in [3.05, 3.63) is 77.5 Å². The van der Waals surface area contributed by atoms with Crippen molar-refractivity contribution in [1.82, 2.24) is 19.4 Å². The Morgan fingerprint density at radius 3 is 2.53 bits per heavy atom. The van der Waals surface area contributed by atoms with Crippen molar-refractivity contribution in [3.8, 4) is 0 Å².